The van der Waals surface area contributed by atoms with E-state index < -0.39 is 5.97 Å². The molecule has 0 saturated heterocycles. The summed E-state index contributed by atoms with van der Waals surface area (Å²) in [7, 11) is 0. The van der Waals surface area contributed by atoms with Crippen molar-refractivity contribution in [3.8, 4) is 0 Å². The summed E-state index contributed by atoms with van der Waals surface area (Å²) in [4.78, 5) is 24.4. The highest BCUT2D eigenvalue weighted by molar-refractivity contribution is 7.14. The monoisotopic (exact) mass is 242 g/mol. The highest BCUT2D eigenvalue weighted by Gasteiger charge is 2.11. The van der Waals surface area contributed by atoms with E-state index >= 15 is 0 Å². The van der Waals surface area contributed by atoms with Crippen LogP contribution in [0.3, 0.4) is 0 Å². The number of carbonyl (C=O) groups excluding carboxylic acids is 2. The topological polar surface area (TPSA) is 63.6 Å². The van der Waals surface area contributed by atoms with E-state index in [1.54, 1.807) is 6.07 Å². The van der Waals surface area contributed by atoms with Gasteiger partial charge in [0.2, 0.25) is 0 Å². The molecular formula is C11H14O4S. The van der Waals surface area contributed by atoms with Crippen LogP contribution in [0.4, 0.5) is 0 Å². The van der Waals surface area contributed by atoms with E-state index in [0.29, 0.717) is 4.88 Å². The van der Waals surface area contributed by atoms with E-state index in [0.717, 1.165) is 4.88 Å². The first kappa shape index (κ1) is 12.9. The third kappa shape index (κ3) is 4.12. The van der Waals surface area contributed by atoms with Crippen molar-refractivity contribution in [1.29, 1.82) is 0 Å². The van der Waals surface area contributed by atoms with Gasteiger partial charge in [-0.1, -0.05) is 0 Å². The molecule has 0 unspecified atom stereocenters. The Morgan fingerprint density at radius 2 is 2.12 bits per heavy atom. The summed E-state index contributed by atoms with van der Waals surface area (Å²) in [5.41, 5.74) is 0. The third-order valence-electron chi connectivity index (χ3n) is 1.93. The maximum atomic E-state index is 11.6. The van der Waals surface area contributed by atoms with Crippen LogP contribution in [0.15, 0.2) is 12.1 Å². The number of aliphatic hydroxyl groups excluding tert-OH is 1. The molecule has 1 aromatic heterocycles. The maximum Gasteiger partial charge on any atom is 0.306 e. The van der Waals surface area contributed by atoms with Gasteiger partial charge >= 0.3 is 5.97 Å². The maximum absolute atomic E-state index is 11.6. The normalized spacial score (nSPS) is 10.1. The second-order valence-corrected chi connectivity index (χ2v) is 4.57. The molecule has 0 radical (unpaired) electrons. The van der Waals surface area contributed by atoms with E-state index in [2.05, 4.69) is 4.74 Å². The third-order valence-corrected chi connectivity index (χ3v) is 2.97. The number of ketones is 1. The molecule has 1 rings (SSSR count). The SMILES string of the molecule is Cc1ccc(C(=O)CCC(=O)OCCO)s1. The minimum Gasteiger partial charge on any atom is -0.463 e. The molecule has 1 aromatic rings. The molecule has 0 aliphatic carbocycles. The number of hydrogen-bond donors (Lipinski definition) is 1. The minimum atomic E-state index is -0.448. The fourth-order valence-corrected chi connectivity index (χ4v) is 1.99. The summed E-state index contributed by atoms with van der Waals surface area (Å²) in [5.74, 6) is -0.491. The van der Waals surface area contributed by atoms with Crippen molar-refractivity contribution in [2.45, 2.75) is 19.8 Å². The second kappa shape index (κ2) is 6.40. The van der Waals surface area contributed by atoms with Crippen LogP contribution in [0.2, 0.25) is 0 Å². The van der Waals surface area contributed by atoms with Crippen molar-refractivity contribution in [1.82, 2.24) is 0 Å². The number of carbonyl (C=O) groups is 2. The zero-order valence-corrected chi connectivity index (χ0v) is 9.88. The number of aliphatic hydroxyl groups is 1. The van der Waals surface area contributed by atoms with E-state index in [1.807, 2.05) is 13.0 Å². The van der Waals surface area contributed by atoms with Crippen LogP contribution in [0.25, 0.3) is 0 Å². The molecule has 88 valence electrons. The number of ether oxygens (including phenoxy) is 1. The lowest BCUT2D eigenvalue weighted by Crippen LogP contribution is -2.10. The van der Waals surface area contributed by atoms with E-state index in [1.165, 1.54) is 11.3 Å². The largest absolute Gasteiger partial charge is 0.463 e. The Morgan fingerprint density at radius 3 is 2.69 bits per heavy atom. The van der Waals surface area contributed by atoms with Crippen LogP contribution >= 0.6 is 11.3 Å². The van der Waals surface area contributed by atoms with Gasteiger partial charge in [0.15, 0.2) is 5.78 Å². The summed E-state index contributed by atoms with van der Waals surface area (Å²) >= 11 is 1.42. The molecule has 0 aromatic carbocycles. The van der Waals surface area contributed by atoms with Gasteiger partial charge in [-0.25, -0.2) is 0 Å². The van der Waals surface area contributed by atoms with Crippen LogP contribution in [-0.4, -0.2) is 30.1 Å². The van der Waals surface area contributed by atoms with Crippen LogP contribution in [0, 0.1) is 6.92 Å². The van der Waals surface area contributed by atoms with Gasteiger partial charge in [0.25, 0.3) is 0 Å². The molecule has 0 aliphatic rings. The van der Waals surface area contributed by atoms with Gasteiger partial charge < -0.3 is 9.84 Å². The van der Waals surface area contributed by atoms with Crippen molar-refractivity contribution < 1.29 is 19.4 Å². The van der Waals surface area contributed by atoms with Crippen molar-refractivity contribution in [2.75, 3.05) is 13.2 Å². The molecule has 0 bridgehead atoms. The summed E-state index contributed by atoms with van der Waals surface area (Å²) in [6, 6.07) is 3.64. The van der Waals surface area contributed by atoms with Gasteiger partial charge in [0.1, 0.15) is 6.61 Å². The first-order valence-corrected chi connectivity index (χ1v) is 5.81. The number of thiophene rings is 1. The molecule has 0 atom stereocenters. The quantitative estimate of drug-likeness (QED) is 0.607. The predicted molar refractivity (Wildman–Crippen MR) is 60.7 cm³/mol. The summed E-state index contributed by atoms with van der Waals surface area (Å²) in [6.45, 7) is 1.73. The molecule has 0 saturated carbocycles. The van der Waals surface area contributed by atoms with Crippen molar-refractivity contribution >= 4 is 23.1 Å². The average Bonchev–Trinajstić information content (AvgIpc) is 2.69. The van der Waals surface area contributed by atoms with Crippen molar-refractivity contribution in [2.24, 2.45) is 0 Å². The number of aryl methyl sites for hydroxylation is 1. The minimum absolute atomic E-state index is 0.00880. The molecular weight excluding hydrogens is 228 g/mol. The Hall–Kier alpha value is -1.20. The number of Topliss-reactive ketones (excluding diaryl/α,β-unsaturated/α-hetero) is 1. The zero-order chi connectivity index (χ0) is 12.0. The lowest BCUT2D eigenvalue weighted by molar-refractivity contribution is -0.144. The van der Waals surface area contributed by atoms with E-state index in [4.69, 9.17) is 5.11 Å². The van der Waals surface area contributed by atoms with Gasteiger partial charge in [-0.15, -0.1) is 11.3 Å². The van der Waals surface area contributed by atoms with Gasteiger partial charge in [-0.2, -0.15) is 0 Å². The number of hydrogen-bond acceptors (Lipinski definition) is 5. The molecule has 0 spiro atoms. The smallest absolute Gasteiger partial charge is 0.306 e. The first-order chi connectivity index (χ1) is 7.63. The highest BCUT2D eigenvalue weighted by Crippen LogP contribution is 2.17. The summed E-state index contributed by atoms with van der Waals surface area (Å²) < 4.78 is 4.64. The molecule has 1 N–H and O–H groups in total. The molecule has 0 fully saturated rings. The molecule has 0 amide bonds. The van der Waals surface area contributed by atoms with Gasteiger partial charge in [0, 0.05) is 11.3 Å². The number of rotatable bonds is 6. The molecule has 1 heterocycles. The van der Waals surface area contributed by atoms with Gasteiger partial charge in [-0.05, 0) is 19.1 Å². The molecule has 0 aliphatic heterocycles. The summed E-state index contributed by atoms with van der Waals surface area (Å²) in [6.07, 6.45) is 0.222. The van der Waals surface area contributed by atoms with E-state index in [-0.39, 0.29) is 31.8 Å². The standard InChI is InChI=1S/C11H14O4S/c1-8-2-4-10(16-8)9(13)3-5-11(14)15-7-6-12/h2,4,12H,3,5-7H2,1H3. The van der Waals surface area contributed by atoms with Crippen LogP contribution < -0.4 is 0 Å². The van der Waals surface area contributed by atoms with Crippen molar-refractivity contribution in [3.63, 3.8) is 0 Å². The lowest BCUT2D eigenvalue weighted by atomic mass is 10.2. The Kier molecular flexibility index (Phi) is 5.14. The molecule has 4 nitrogen and oxygen atoms in total. The van der Waals surface area contributed by atoms with Crippen LogP contribution in [-0.2, 0) is 9.53 Å². The van der Waals surface area contributed by atoms with Gasteiger partial charge in [0.05, 0.1) is 17.9 Å². The lowest BCUT2D eigenvalue weighted by Gasteiger charge is -2.01. The highest BCUT2D eigenvalue weighted by atomic mass is 32.1. The fraction of sp³-hybridized carbons (Fsp3) is 0.455. The second-order valence-electron chi connectivity index (χ2n) is 3.28. The first-order valence-electron chi connectivity index (χ1n) is 4.99. The number of esters is 1. The summed E-state index contributed by atoms with van der Waals surface area (Å²) in [5, 5.41) is 8.43. The molecule has 5 heteroatoms. The van der Waals surface area contributed by atoms with Crippen LogP contribution in [0.5, 0.6) is 0 Å². The Morgan fingerprint density at radius 1 is 1.38 bits per heavy atom. The Labute approximate surface area is 97.9 Å². The zero-order valence-electron chi connectivity index (χ0n) is 9.06. The Bertz CT molecular complexity index is 370. The van der Waals surface area contributed by atoms with Crippen LogP contribution in [0.1, 0.15) is 27.4 Å². The average molecular weight is 242 g/mol. The molecule has 16 heavy (non-hydrogen) atoms. The fourth-order valence-electron chi connectivity index (χ4n) is 1.15. The Balaban J connectivity index is 2.33. The van der Waals surface area contributed by atoms with E-state index in [9.17, 15) is 9.59 Å². The van der Waals surface area contributed by atoms with Crippen molar-refractivity contribution in [3.05, 3.63) is 21.9 Å². The van der Waals surface area contributed by atoms with Gasteiger partial charge in [-0.3, -0.25) is 9.59 Å². The predicted octanol–water partition coefficient (Wildman–Crippen LogP) is 1.55.